The van der Waals surface area contributed by atoms with Gasteiger partial charge in [0.1, 0.15) is 0 Å². The molecular weight excluding hydrogens is 248 g/mol. The Morgan fingerprint density at radius 2 is 2.11 bits per heavy atom. The van der Waals surface area contributed by atoms with E-state index < -0.39 is 0 Å². The lowest BCUT2D eigenvalue weighted by molar-refractivity contribution is 0.953. The first-order chi connectivity index (χ1) is 8.76. The highest BCUT2D eigenvalue weighted by molar-refractivity contribution is 7.15. The molecule has 6 heteroatoms. The number of H-pyrrole nitrogens is 2. The Labute approximate surface area is 107 Å². The zero-order chi connectivity index (χ0) is 12.5. The van der Waals surface area contributed by atoms with E-state index >= 15 is 0 Å². The van der Waals surface area contributed by atoms with E-state index in [0.29, 0.717) is 6.54 Å². The summed E-state index contributed by atoms with van der Waals surface area (Å²) in [5.41, 5.74) is 8.00. The molecule has 0 unspecified atom stereocenters. The Balaban J connectivity index is 2.04. The minimum Gasteiger partial charge on any atom is -0.330 e. The molecule has 2 aromatic heterocycles. The van der Waals surface area contributed by atoms with Gasteiger partial charge < -0.3 is 15.7 Å². The van der Waals surface area contributed by atoms with Crippen molar-refractivity contribution in [3.05, 3.63) is 39.9 Å². The summed E-state index contributed by atoms with van der Waals surface area (Å²) in [6.45, 7) is 0.608. The molecule has 0 aliphatic heterocycles. The van der Waals surface area contributed by atoms with E-state index in [4.69, 9.17) is 5.73 Å². The molecule has 4 N–H and O–H groups in total. The van der Waals surface area contributed by atoms with Gasteiger partial charge in [-0.25, -0.2) is 9.78 Å². The number of hydrogen-bond acceptors (Lipinski definition) is 4. The minimum atomic E-state index is -0.185. The van der Waals surface area contributed by atoms with Gasteiger partial charge in [-0.3, -0.25) is 0 Å². The standard InChI is InChI=1S/C12H12N4OS/c13-4-3-11-14-6-10(18-11)7-1-2-8-9(5-7)16-12(17)15-8/h1-2,5-6H,3-4,13H2,(H2,15,16,17). The monoisotopic (exact) mass is 260 g/mol. The highest BCUT2D eigenvalue weighted by Crippen LogP contribution is 2.27. The van der Waals surface area contributed by atoms with Crippen molar-refractivity contribution in [2.75, 3.05) is 6.54 Å². The van der Waals surface area contributed by atoms with Crippen LogP contribution in [0.1, 0.15) is 5.01 Å². The summed E-state index contributed by atoms with van der Waals surface area (Å²) in [6.07, 6.45) is 2.65. The largest absolute Gasteiger partial charge is 0.330 e. The van der Waals surface area contributed by atoms with E-state index in [1.54, 1.807) is 11.3 Å². The van der Waals surface area contributed by atoms with Crippen molar-refractivity contribution in [2.45, 2.75) is 6.42 Å². The molecule has 0 fully saturated rings. The van der Waals surface area contributed by atoms with Gasteiger partial charge in [-0.1, -0.05) is 6.07 Å². The molecule has 0 atom stereocenters. The Bertz CT molecular complexity index is 740. The predicted octanol–water partition coefficient (Wildman–Crippen LogP) is 1.48. The number of nitrogens with one attached hydrogen (secondary N) is 2. The molecule has 92 valence electrons. The molecule has 0 amide bonds. The molecule has 18 heavy (non-hydrogen) atoms. The summed E-state index contributed by atoms with van der Waals surface area (Å²) < 4.78 is 0. The highest BCUT2D eigenvalue weighted by Gasteiger charge is 2.06. The molecule has 0 saturated carbocycles. The van der Waals surface area contributed by atoms with Gasteiger partial charge in [-0.15, -0.1) is 11.3 Å². The van der Waals surface area contributed by atoms with Crippen molar-refractivity contribution >= 4 is 22.4 Å². The topological polar surface area (TPSA) is 87.6 Å². The van der Waals surface area contributed by atoms with Crippen molar-refractivity contribution in [1.29, 1.82) is 0 Å². The molecule has 3 rings (SSSR count). The number of benzene rings is 1. The lowest BCUT2D eigenvalue weighted by Crippen LogP contribution is -2.01. The van der Waals surface area contributed by atoms with Gasteiger partial charge in [-0.2, -0.15) is 0 Å². The second-order valence-corrected chi connectivity index (χ2v) is 5.11. The number of rotatable bonds is 3. The van der Waals surface area contributed by atoms with E-state index in [2.05, 4.69) is 15.0 Å². The number of nitrogens with zero attached hydrogens (tertiary/aromatic N) is 1. The van der Waals surface area contributed by atoms with E-state index in [9.17, 15) is 4.79 Å². The van der Waals surface area contributed by atoms with Gasteiger partial charge in [-0.05, 0) is 24.2 Å². The Kier molecular flexibility index (Phi) is 2.73. The molecular formula is C12H12N4OS. The summed E-state index contributed by atoms with van der Waals surface area (Å²) in [4.78, 5) is 22.1. The lowest BCUT2D eigenvalue weighted by atomic mass is 10.2. The fourth-order valence-electron chi connectivity index (χ4n) is 1.87. The van der Waals surface area contributed by atoms with E-state index in [1.165, 1.54) is 0 Å². The fourth-order valence-corrected chi connectivity index (χ4v) is 2.80. The summed E-state index contributed by atoms with van der Waals surface area (Å²) >= 11 is 1.63. The number of aromatic amines is 2. The van der Waals surface area contributed by atoms with E-state index in [0.717, 1.165) is 32.9 Å². The van der Waals surface area contributed by atoms with Gasteiger partial charge in [0.25, 0.3) is 0 Å². The zero-order valence-electron chi connectivity index (χ0n) is 9.56. The van der Waals surface area contributed by atoms with Crippen molar-refractivity contribution in [3.8, 4) is 10.4 Å². The number of hydrogen-bond donors (Lipinski definition) is 3. The number of aromatic nitrogens is 3. The van der Waals surface area contributed by atoms with Gasteiger partial charge in [0.2, 0.25) is 0 Å². The minimum absolute atomic E-state index is 0.185. The predicted molar refractivity (Wildman–Crippen MR) is 72.8 cm³/mol. The van der Waals surface area contributed by atoms with Crippen LogP contribution in [0.15, 0.2) is 29.2 Å². The van der Waals surface area contributed by atoms with Crippen LogP contribution < -0.4 is 11.4 Å². The average molecular weight is 260 g/mol. The van der Waals surface area contributed by atoms with Crippen molar-refractivity contribution in [2.24, 2.45) is 5.73 Å². The SMILES string of the molecule is NCCc1ncc(-c2ccc3[nH]c(=O)[nH]c3c2)s1. The lowest BCUT2D eigenvalue weighted by Gasteiger charge is -1.96. The number of thiazole rings is 1. The smallest absolute Gasteiger partial charge is 0.323 e. The van der Waals surface area contributed by atoms with E-state index in [-0.39, 0.29) is 5.69 Å². The van der Waals surface area contributed by atoms with Crippen LogP contribution in [0, 0.1) is 0 Å². The maximum Gasteiger partial charge on any atom is 0.323 e. The van der Waals surface area contributed by atoms with E-state index in [1.807, 2.05) is 24.4 Å². The molecule has 0 aliphatic rings. The molecule has 0 radical (unpaired) electrons. The van der Waals surface area contributed by atoms with Gasteiger partial charge in [0.15, 0.2) is 0 Å². The summed E-state index contributed by atoms with van der Waals surface area (Å²) in [5.74, 6) is 0. The molecule has 0 saturated heterocycles. The van der Waals surface area contributed by atoms with Crippen LogP contribution >= 0.6 is 11.3 Å². The second-order valence-electron chi connectivity index (χ2n) is 4.00. The van der Waals surface area contributed by atoms with Crippen molar-refractivity contribution in [1.82, 2.24) is 15.0 Å². The van der Waals surface area contributed by atoms with Crippen molar-refractivity contribution in [3.63, 3.8) is 0 Å². The molecule has 0 spiro atoms. The Hall–Kier alpha value is -1.92. The molecule has 0 aliphatic carbocycles. The zero-order valence-corrected chi connectivity index (χ0v) is 10.4. The maximum atomic E-state index is 11.2. The van der Waals surface area contributed by atoms with Gasteiger partial charge in [0.05, 0.1) is 20.9 Å². The average Bonchev–Trinajstić information content (AvgIpc) is 2.93. The first-order valence-corrected chi connectivity index (χ1v) is 6.45. The van der Waals surface area contributed by atoms with Crippen molar-refractivity contribution < 1.29 is 0 Å². The number of fused-ring (bicyclic) bond motifs is 1. The van der Waals surface area contributed by atoms with Crippen LogP contribution in [0.25, 0.3) is 21.5 Å². The van der Waals surface area contributed by atoms with Crippen LogP contribution in [0.4, 0.5) is 0 Å². The third kappa shape index (κ3) is 1.96. The first kappa shape index (κ1) is 11.2. The van der Waals surface area contributed by atoms with Gasteiger partial charge >= 0.3 is 5.69 Å². The summed E-state index contributed by atoms with van der Waals surface area (Å²) in [7, 11) is 0. The molecule has 3 aromatic rings. The van der Waals surface area contributed by atoms with Crippen LogP contribution in [-0.2, 0) is 6.42 Å². The third-order valence-electron chi connectivity index (χ3n) is 2.71. The first-order valence-electron chi connectivity index (χ1n) is 5.63. The fraction of sp³-hybridized carbons (Fsp3) is 0.167. The van der Waals surface area contributed by atoms with Crippen LogP contribution in [0.5, 0.6) is 0 Å². The number of nitrogens with two attached hydrogens (primary N) is 1. The second kappa shape index (κ2) is 4.40. The molecule has 5 nitrogen and oxygen atoms in total. The molecule has 1 aromatic carbocycles. The normalized spacial score (nSPS) is 11.2. The number of imidazole rings is 1. The quantitative estimate of drug-likeness (QED) is 0.666. The van der Waals surface area contributed by atoms with Crippen LogP contribution in [0.2, 0.25) is 0 Å². The summed E-state index contributed by atoms with van der Waals surface area (Å²) in [6, 6.07) is 5.82. The third-order valence-corrected chi connectivity index (χ3v) is 3.82. The van der Waals surface area contributed by atoms with Crippen LogP contribution in [0.3, 0.4) is 0 Å². The van der Waals surface area contributed by atoms with Crippen LogP contribution in [-0.4, -0.2) is 21.5 Å². The Morgan fingerprint density at radius 1 is 1.28 bits per heavy atom. The molecule has 2 heterocycles. The molecule has 0 bridgehead atoms. The Morgan fingerprint density at radius 3 is 2.94 bits per heavy atom. The maximum absolute atomic E-state index is 11.2. The summed E-state index contributed by atoms with van der Waals surface area (Å²) in [5, 5.41) is 1.04. The highest BCUT2D eigenvalue weighted by atomic mass is 32.1. The van der Waals surface area contributed by atoms with Gasteiger partial charge in [0, 0.05) is 12.6 Å².